The molecular weight excluding hydrogens is 425 g/mol. The van der Waals surface area contributed by atoms with Crippen LogP contribution in [0.4, 0.5) is 5.69 Å². The van der Waals surface area contributed by atoms with Crippen molar-refractivity contribution in [1.29, 1.82) is 0 Å². The fourth-order valence-electron chi connectivity index (χ4n) is 2.70. The minimum atomic E-state index is -0.215. The van der Waals surface area contributed by atoms with E-state index in [0.29, 0.717) is 33.7 Å². The highest BCUT2D eigenvalue weighted by Gasteiger charge is 2.12. The lowest BCUT2D eigenvalue weighted by molar-refractivity contribution is 0.102. The smallest absolute Gasteiger partial charge is 0.255 e. The van der Waals surface area contributed by atoms with Gasteiger partial charge in [0.2, 0.25) is 0 Å². The van der Waals surface area contributed by atoms with Crippen LogP contribution >= 0.6 is 35.0 Å². The summed E-state index contributed by atoms with van der Waals surface area (Å²) in [5.41, 5.74) is 3.34. The van der Waals surface area contributed by atoms with Gasteiger partial charge in [-0.15, -0.1) is 11.8 Å². The number of halogens is 2. The molecule has 0 radical (unpaired) electrons. The summed E-state index contributed by atoms with van der Waals surface area (Å²) in [4.78, 5) is 13.9. The van der Waals surface area contributed by atoms with E-state index in [1.807, 2.05) is 19.1 Å². The lowest BCUT2D eigenvalue weighted by Gasteiger charge is -2.13. The van der Waals surface area contributed by atoms with E-state index in [0.717, 1.165) is 11.3 Å². The summed E-state index contributed by atoms with van der Waals surface area (Å²) in [6, 6.07) is 18.9. The second kappa shape index (κ2) is 10.1. The lowest BCUT2D eigenvalue weighted by Crippen LogP contribution is -2.12. The van der Waals surface area contributed by atoms with Gasteiger partial charge in [0.05, 0.1) is 16.7 Å². The largest absolute Gasteiger partial charge is 0.494 e. The third kappa shape index (κ3) is 5.92. The van der Waals surface area contributed by atoms with Crippen molar-refractivity contribution in [3.63, 3.8) is 0 Å². The van der Waals surface area contributed by atoms with Crippen LogP contribution in [-0.4, -0.2) is 12.5 Å². The van der Waals surface area contributed by atoms with Gasteiger partial charge in [0, 0.05) is 27.5 Å². The van der Waals surface area contributed by atoms with Crippen LogP contribution < -0.4 is 10.1 Å². The molecule has 0 fully saturated rings. The van der Waals surface area contributed by atoms with Crippen molar-refractivity contribution in [2.45, 2.75) is 24.5 Å². The number of hydrogen-bond donors (Lipinski definition) is 1. The molecule has 3 nitrogen and oxygen atoms in total. The topological polar surface area (TPSA) is 38.3 Å². The molecule has 0 heterocycles. The van der Waals surface area contributed by atoms with E-state index in [1.165, 1.54) is 10.5 Å². The fraction of sp³-hybridized carbons (Fsp3) is 0.174. The molecule has 3 aromatic carbocycles. The van der Waals surface area contributed by atoms with Crippen LogP contribution in [0.5, 0.6) is 5.75 Å². The summed E-state index contributed by atoms with van der Waals surface area (Å²) in [6.45, 7) is 4.58. The summed E-state index contributed by atoms with van der Waals surface area (Å²) in [5.74, 6) is 1.28. The number of hydrogen-bond acceptors (Lipinski definition) is 3. The van der Waals surface area contributed by atoms with Crippen molar-refractivity contribution in [3.8, 4) is 5.75 Å². The minimum absolute atomic E-state index is 0.215. The highest BCUT2D eigenvalue weighted by molar-refractivity contribution is 7.98. The third-order valence-corrected chi connectivity index (χ3v) is 6.02. The van der Waals surface area contributed by atoms with Crippen LogP contribution in [0, 0.1) is 6.92 Å². The first-order chi connectivity index (χ1) is 14.0. The zero-order chi connectivity index (χ0) is 20.8. The second-order valence-electron chi connectivity index (χ2n) is 6.44. The number of rotatable bonds is 7. The molecule has 29 heavy (non-hydrogen) atoms. The Bertz CT molecular complexity index is 1010. The molecule has 0 aliphatic heterocycles. The second-order valence-corrected chi connectivity index (χ2v) is 8.30. The molecule has 1 amide bonds. The Morgan fingerprint density at radius 3 is 2.45 bits per heavy atom. The maximum absolute atomic E-state index is 12.7. The minimum Gasteiger partial charge on any atom is -0.494 e. The number of thioether (sulfide) groups is 1. The molecule has 0 spiro atoms. The Morgan fingerprint density at radius 2 is 1.76 bits per heavy atom. The molecule has 0 aromatic heterocycles. The SMILES string of the molecule is CCOc1ccc(C(=O)Nc2ccc(Cl)c(Cl)c2)cc1CSc1ccc(C)cc1. The lowest BCUT2D eigenvalue weighted by atomic mass is 10.1. The maximum Gasteiger partial charge on any atom is 0.255 e. The van der Waals surface area contributed by atoms with Gasteiger partial charge >= 0.3 is 0 Å². The van der Waals surface area contributed by atoms with Crippen LogP contribution in [-0.2, 0) is 5.75 Å². The van der Waals surface area contributed by atoms with Gasteiger partial charge < -0.3 is 10.1 Å². The number of aryl methyl sites for hydroxylation is 1. The Hall–Kier alpha value is -2.14. The highest BCUT2D eigenvalue weighted by Crippen LogP contribution is 2.30. The summed E-state index contributed by atoms with van der Waals surface area (Å²) in [5, 5.41) is 3.70. The zero-order valence-electron chi connectivity index (χ0n) is 16.2. The maximum atomic E-state index is 12.7. The van der Waals surface area contributed by atoms with Crippen molar-refractivity contribution >= 4 is 46.6 Å². The normalized spacial score (nSPS) is 10.6. The monoisotopic (exact) mass is 445 g/mol. The van der Waals surface area contributed by atoms with Gasteiger partial charge in [-0.05, 0) is 62.4 Å². The number of benzene rings is 3. The van der Waals surface area contributed by atoms with E-state index in [9.17, 15) is 4.79 Å². The van der Waals surface area contributed by atoms with Gasteiger partial charge in [-0.25, -0.2) is 0 Å². The number of ether oxygens (including phenoxy) is 1. The van der Waals surface area contributed by atoms with Crippen LogP contribution in [0.2, 0.25) is 10.0 Å². The quantitative estimate of drug-likeness (QED) is 0.389. The van der Waals surface area contributed by atoms with Crippen LogP contribution in [0.3, 0.4) is 0 Å². The molecule has 0 aliphatic rings. The van der Waals surface area contributed by atoms with Crippen molar-refractivity contribution in [2.75, 3.05) is 11.9 Å². The van der Waals surface area contributed by atoms with Gasteiger partial charge in [0.1, 0.15) is 5.75 Å². The van der Waals surface area contributed by atoms with Crippen molar-refractivity contribution in [3.05, 3.63) is 87.4 Å². The molecule has 0 aliphatic carbocycles. The molecule has 1 N–H and O–H groups in total. The summed E-state index contributed by atoms with van der Waals surface area (Å²) in [6.07, 6.45) is 0. The van der Waals surface area contributed by atoms with E-state index in [-0.39, 0.29) is 5.91 Å². The van der Waals surface area contributed by atoms with E-state index in [1.54, 1.807) is 36.0 Å². The fourth-order valence-corrected chi connectivity index (χ4v) is 3.88. The molecule has 0 unspecified atom stereocenters. The molecule has 150 valence electrons. The summed E-state index contributed by atoms with van der Waals surface area (Å²) in [7, 11) is 0. The predicted octanol–water partition coefficient (Wildman–Crippen LogP) is 7.25. The third-order valence-electron chi connectivity index (χ3n) is 4.22. The molecule has 6 heteroatoms. The number of anilines is 1. The van der Waals surface area contributed by atoms with Crippen LogP contribution in [0.25, 0.3) is 0 Å². The first-order valence-electron chi connectivity index (χ1n) is 9.18. The van der Waals surface area contributed by atoms with Gasteiger partial charge in [-0.3, -0.25) is 4.79 Å². The zero-order valence-corrected chi connectivity index (χ0v) is 18.5. The molecule has 3 rings (SSSR count). The average Bonchev–Trinajstić information content (AvgIpc) is 2.71. The number of amides is 1. The number of carbonyl (C=O) groups is 1. The number of nitrogens with one attached hydrogen (secondary N) is 1. The average molecular weight is 446 g/mol. The van der Waals surface area contributed by atoms with E-state index >= 15 is 0 Å². The molecule has 0 bridgehead atoms. The standard InChI is InChI=1S/C23H21Cl2NO2S/c1-3-28-22-11-6-16(23(27)26-18-7-10-20(24)21(25)13-18)12-17(22)14-29-19-8-4-15(2)5-9-19/h4-13H,3,14H2,1-2H3,(H,26,27). The number of carbonyl (C=O) groups excluding carboxylic acids is 1. The molecule has 3 aromatic rings. The van der Waals surface area contributed by atoms with E-state index in [4.69, 9.17) is 27.9 Å². The predicted molar refractivity (Wildman–Crippen MR) is 123 cm³/mol. The Balaban J connectivity index is 1.78. The van der Waals surface area contributed by atoms with Crippen molar-refractivity contribution in [1.82, 2.24) is 0 Å². The van der Waals surface area contributed by atoms with Crippen molar-refractivity contribution in [2.24, 2.45) is 0 Å². The Morgan fingerprint density at radius 1 is 1.00 bits per heavy atom. The molecular formula is C23H21Cl2NO2S. The van der Waals surface area contributed by atoms with Crippen molar-refractivity contribution < 1.29 is 9.53 Å². The highest BCUT2D eigenvalue weighted by atomic mass is 35.5. The molecule has 0 saturated heterocycles. The van der Waals surface area contributed by atoms with E-state index in [2.05, 4.69) is 36.5 Å². The summed E-state index contributed by atoms with van der Waals surface area (Å²) >= 11 is 13.7. The van der Waals surface area contributed by atoms with Gasteiger partial charge in [-0.1, -0.05) is 40.9 Å². The van der Waals surface area contributed by atoms with Gasteiger partial charge in [0.25, 0.3) is 5.91 Å². The Kier molecular flexibility index (Phi) is 7.48. The van der Waals surface area contributed by atoms with Gasteiger partial charge in [-0.2, -0.15) is 0 Å². The van der Waals surface area contributed by atoms with Gasteiger partial charge in [0.15, 0.2) is 0 Å². The molecule has 0 saturated carbocycles. The first-order valence-corrected chi connectivity index (χ1v) is 10.9. The van der Waals surface area contributed by atoms with Crippen LogP contribution in [0.1, 0.15) is 28.4 Å². The molecule has 0 atom stereocenters. The first kappa shape index (κ1) is 21.6. The Labute approximate surface area is 185 Å². The summed E-state index contributed by atoms with van der Waals surface area (Å²) < 4.78 is 5.75. The van der Waals surface area contributed by atoms with E-state index < -0.39 is 0 Å². The van der Waals surface area contributed by atoms with Crippen LogP contribution in [0.15, 0.2) is 65.6 Å².